The highest BCUT2D eigenvalue weighted by molar-refractivity contribution is 6.21. The van der Waals surface area contributed by atoms with Crippen LogP contribution in [0.2, 0.25) is 0 Å². The Hall–Kier alpha value is -1.87. The van der Waals surface area contributed by atoms with Crippen molar-refractivity contribution in [3.05, 3.63) is 0 Å². The molecule has 108 valence electrons. The monoisotopic (exact) mass is 283 g/mol. The molecular formula is C11H14FN5O3. The van der Waals surface area contributed by atoms with Gasteiger partial charge in [0.15, 0.2) is 6.04 Å². The number of fused-ring (bicyclic) bond motifs is 1. The van der Waals surface area contributed by atoms with Gasteiger partial charge in [-0.15, -0.1) is 0 Å². The summed E-state index contributed by atoms with van der Waals surface area (Å²) in [7, 11) is 0. The lowest BCUT2D eigenvalue weighted by atomic mass is 10.1. The van der Waals surface area contributed by atoms with Crippen molar-refractivity contribution in [3.8, 4) is 0 Å². The van der Waals surface area contributed by atoms with Gasteiger partial charge in [0.25, 0.3) is 5.91 Å². The first-order valence-corrected chi connectivity index (χ1v) is 6.24. The second-order valence-corrected chi connectivity index (χ2v) is 5.03. The molecule has 1 aliphatic carbocycles. The zero-order valence-electron chi connectivity index (χ0n) is 10.4. The molecule has 0 aromatic carbocycles. The molecule has 4 N–H and O–H groups in total. The molecular weight excluding hydrogens is 269 g/mol. The Morgan fingerprint density at radius 1 is 1.50 bits per heavy atom. The number of amides is 1. The van der Waals surface area contributed by atoms with Crippen LogP contribution in [0, 0.1) is 5.92 Å². The van der Waals surface area contributed by atoms with Crippen LogP contribution in [0.15, 0.2) is 15.0 Å². The van der Waals surface area contributed by atoms with Crippen LogP contribution in [0.1, 0.15) is 6.42 Å². The Morgan fingerprint density at radius 2 is 2.25 bits per heavy atom. The third-order valence-electron chi connectivity index (χ3n) is 3.85. The number of hydrogen-bond acceptors (Lipinski definition) is 7. The van der Waals surface area contributed by atoms with Gasteiger partial charge in [0.05, 0.1) is 18.5 Å². The van der Waals surface area contributed by atoms with E-state index in [0.29, 0.717) is 0 Å². The highest BCUT2D eigenvalue weighted by atomic mass is 19.1. The minimum Gasteiger partial charge on any atom is -0.396 e. The van der Waals surface area contributed by atoms with E-state index in [1.807, 2.05) is 0 Å². The number of hydrogen-bond donors (Lipinski definition) is 3. The third kappa shape index (κ3) is 1.81. The van der Waals surface area contributed by atoms with Crippen molar-refractivity contribution < 1.29 is 19.4 Å². The Morgan fingerprint density at radius 3 is 2.90 bits per heavy atom. The van der Waals surface area contributed by atoms with Gasteiger partial charge >= 0.3 is 0 Å². The molecule has 2 heterocycles. The van der Waals surface area contributed by atoms with E-state index in [1.54, 1.807) is 0 Å². The maximum absolute atomic E-state index is 14.2. The second-order valence-electron chi connectivity index (χ2n) is 5.03. The van der Waals surface area contributed by atoms with E-state index in [-0.39, 0.29) is 24.8 Å². The number of nitrogens with two attached hydrogens (primary N) is 1. The molecule has 0 aromatic heterocycles. The number of carbonyl (C=O) groups is 1. The number of nitrogens with zero attached hydrogens (tertiary/aromatic N) is 4. The molecule has 0 aromatic rings. The maximum Gasteiger partial charge on any atom is 0.281 e. The number of alkyl halides is 1. The van der Waals surface area contributed by atoms with Crippen molar-refractivity contribution in [1.82, 2.24) is 4.90 Å². The molecule has 3 aliphatic rings. The van der Waals surface area contributed by atoms with Crippen LogP contribution >= 0.6 is 0 Å². The van der Waals surface area contributed by atoms with Gasteiger partial charge in [0, 0.05) is 12.5 Å². The lowest BCUT2D eigenvalue weighted by Crippen LogP contribution is -2.47. The average Bonchev–Trinajstić information content (AvgIpc) is 2.93. The fourth-order valence-corrected chi connectivity index (χ4v) is 2.79. The fourth-order valence-electron chi connectivity index (χ4n) is 2.79. The molecule has 0 saturated heterocycles. The molecule has 5 atom stereocenters. The molecule has 1 fully saturated rings. The second kappa shape index (κ2) is 4.60. The normalized spacial score (nSPS) is 39.9. The van der Waals surface area contributed by atoms with Crippen molar-refractivity contribution in [2.45, 2.75) is 30.8 Å². The number of aliphatic imine (C=N–C) groups is 3. The van der Waals surface area contributed by atoms with Gasteiger partial charge in [-0.1, -0.05) is 0 Å². The number of amidine groups is 1. The van der Waals surface area contributed by atoms with Gasteiger partial charge in [-0.25, -0.2) is 4.39 Å². The van der Waals surface area contributed by atoms with Crippen molar-refractivity contribution in [2.75, 3.05) is 6.61 Å². The number of aliphatic hydroxyl groups is 2. The third-order valence-corrected chi connectivity index (χ3v) is 3.85. The Kier molecular flexibility index (Phi) is 3.02. The van der Waals surface area contributed by atoms with Crippen LogP contribution in [0.5, 0.6) is 0 Å². The van der Waals surface area contributed by atoms with Gasteiger partial charge < -0.3 is 20.8 Å². The number of rotatable bonds is 2. The van der Waals surface area contributed by atoms with E-state index < -0.39 is 36.2 Å². The Bertz CT molecular complexity index is 534. The number of guanidine groups is 1. The molecule has 1 amide bonds. The fraction of sp³-hybridized carbons (Fsp3) is 0.636. The molecule has 1 saturated carbocycles. The summed E-state index contributed by atoms with van der Waals surface area (Å²) in [4.78, 5) is 24.4. The van der Waals surface area contributed by atoms with Crippen LogP contribution in [-0.2, 0) is 4.79 Å². The lowest BCUT2D eigenvalue weighted by molar-refractivity contribution is -0.117. The smallest absolute Gasteiger partial charge is 0.281 e. The SMILES string of the molecule is NC1=NC(=O)C2N=CN(C3CC(CO)C(O)C3F)C2=N1. The molecule has 3 rings (SSSR count). The van der Waals surface area contributed by atoms with E-state index >= 15 is 0 Å². The van der Waals surface area contributed by atoms with Crippen molar-refractivity contribution in [2.24, 2.45) is 26.6 Å². The molecule has 20 heavy (non-hydrogen) atoms. The molecule has 0 radical (unpaired) electrons. The molecule has 0 bridgehead atoms. The Balaban J connectivity index is 1.87. The zero-order valence-corrected chi connectivity index (χ0v) is 10.4. The molecule has 2 aliphatic heterocycles. The lowest BCUT2D eigenvalue weighted by Gasteiger charge is -2.27. The van der Waals surface area contributed by atoms with Crippen LogP contribution in [-0.4, -0.2) is 70.1 Å². The predicted octanol–water partition coefficient (Wildman–Crippen LogP) is -1.97. The van der Waals surface area contributed by atoms with Gasteiger partial charge in [-0.2, -0.15) is 9.98 Å². The van der Waals surface area contributed by atoms with Crippen LogP contribution in [0.3, 0.4) is 0 Å². The molecule has 0 spiro atoms. The molecule has 8 nitrogen and oxygen atoms in total. The van der Waals surface area contributed by atoms with Gasteiger partial charge in [-0.3, -0.25) is 9.79 Å². The van der Waals surface area contributed by atoms with E-state index in [4.69, 9.17) is 10.8 Å². The van der Waals surface area contributed by atoms with Gasteiger partial charge in [-0.05, 0) is 6.42 Å². The highest BCUT2D eigenvalue weighted by Crippen LogP contribution is 2.34. The quantitative estimate of drug-likeness (QED) is 0.542. The summed E-state index contributed by atoms with van der Waals surface area (Å²) in [6.45, 7) is -0.304. The summed E-state index contributed by atoms with van der Waals surface area (Å²) in [5.74, 6) is -1.06. The molecule has 9 heteroatoms. The summed E-state index contributed by atoms with van der Waals surface area (Å²) in [5, 5.41) is 18.9. The van der Waals surface area contributed by atoms with Crippen LogP contribution < -0.4 is 5.73 Å². The standard InChI is InChI=1S/C11H14FN5O3/c12-6-5(1-4(2-18)8(6)19)17-3-14-7-9(17)15-11(13)16-10(7)20/h3-8,18-19H,1-2H2,(H2,13,16,20). The Labute approximate surface area is 113 Å². The summed E-state index contributed by atoms with van der Waals surface area (Å²) < 4.78 is 14.2. The summed E-state index contributed by atoms with van der Waals surface area (Å²) in [6.07, 6.45) is -1.25. The van der Waals surface area contributed by atoms with Gasteiger partial charge in [0.2, 0.25) is 5.96 Å². The van der Waals surface area contributed by atoms with Crippen LogP contribution in [0.4, 0.5) is 4.39 Å². The van der Waals surface area contributed by atoms with E-state index in [1.165, 1.54) is 11.2 Å². The number of halogens is 1. The highest BCUT2D eigenvalue weighted by Gasteiger charge is 2.49. The van der Waals surface area contributed by atoms with Crippen molar-refractivity contribution >= 4 is 24.0 Å². The van der Waals surface area contributed by atoms with Crippen LogP contribution in [0.25, 0.3) is 0 Å². The van der Waals surface area contributed by atoms with Crippen molar-refractivity contribution in [1.29, 1.82) is 0 Å². The molecule has 5 unspecified atom stereocenters. The minimum atomic E-state index is -1.56. The summed E-state index contributed by atoms with van der Waals surface area (Å²) >= 11 is 0. The first kappa shape index (κ1) is 13.1. The van der Waals surface area contributed by atoms with Crippen molar-refractivity contribution in [3.63, 3.8) is 0 Å². The van der Waals surface area contributed by atoms with E-state index in [0.717, 1.165) is 0 Å². The first-order chi connectivity index (χ1) is 9.52. The average molecular weight is 283 g/mol. The topological polar surface area (TPSA) is 124 Å². The summed E-state index contributed by atoms with van der Waals surface area (Å²) in [5.41, 5.74) is 5.43. The summed E-state index contributed by atoms with van der Waals surface area (Å²) in [6, 6.07) is -1.62. The van der Waals surface area contributed by atoms with E-state index in [9.17, 15) is 14.3 Å². The van der Waals surface area contributed by atoms with Gasteiger partial charge in [0.1, 0.15) is 12.0 Å². The number of aliphatic hydroxyl groups excluding tert-OH is 2. The number of carbonyl (C=O) groups excluding carboxylic acids is 1. The van der Waals surface area contributed by atoms with E-state index in [2.05, 4.69) is 15.0 Å². The zero-order chi connectivity index (χ0) is 14.4. The predicted molar refractivity (Wildman–Crippen MR) is 68.1 cm³/mol. The first-order valence-electron chi connectivity index (χ1n) is 6.24. The largest absolute Gasteiger partial charge is 0.396 e. The minimum absolute atomic E-state index is 0.190. The maximum atomic E-state index is 14.2.